The number of pyridine rings is 1. The number of benzene rings is 1. The van der Waals surface area contributed by atoms with Crippen molar-refractivity contribution in [2.24, 2.45) is 0 Å². The molecule has 1 aliphatic rings. The van der Waals surface area contributed by atoms with Gasteiger partial charge in [0.1, 0.15) is 6.10 Å². The van der Waals surface area contributed by atoms with Crippen LogP contribution in [0.5, 0.6) is 5.88 Å². The van der Waals surface area contributed by atoms with E-state index in [1.54, 1.807) is 30.3 Å². The lowest BCUT2D eigenvalue weighted by Gasteiger charge is -2.37. The summed E-state index contributed by atoms with van der Waals surface area (Å²) in [6.07, 6.45) is -4.18. The van der Waals surface area contributed by atoms with Crippen LogP contribution in [0.2, 0.25) is 0 Å². The molecule has 0 bridgehead atoms. The number of ether oxygens (including phenoxy) is 1. The average Bonchev–Trinajstić information content (AvgIpc) is 2.50. The molecule has 0 spiro atoms. The molecule has 3 rings (SSSR count). The molecule has 1 aromatic carbocycles. The van der Waals surface area contributed by atoms with Crippen molar-refractivity contribution in [1.82, 2.24) is 9.29 Å². The molecule has 2 heterocycles. The molecule has 9 heteroatoms. The van der Waals surface area contributed by atoms with Crippen LogP contribution in [0.15, 0.2) is 48.7 Å². The van der Waals surface area contributed by atoms with E-state index in [1.165, 1.54) is 4.31 Å². The SMILES string of the molecule is O=S(=O)(Cc1ccccc1)N1CC(Oc2ccc(C(F)(F)F)cn2)C1. The number of halogens is 3. The van der Waals surface area contributed by atoms with E-state index in [0.29, 0.717) is 11.8 Å². The normalized spacial score (nSPS) is 16.4. The van der Waals surface area contributed by atoms with Gasteiger partial charge in [-0.25, -0.2) is 13.4 Å². The molecule has 1 aromatic heterocycles. The Balaban J connectivity index is 1.54. The maximum Gasteiger partial charge on any atom is 0.417 e. The third-order valence-corrected chi connectivity index (χ3v) is 5.53. The number of hydrogen-bond acceptors (Lipinski definition) is 4. The molecule has 1 saturated heterocycles. The van der Waals surface area contributed by atoms with Gasteiger partial charge >= 0.3 is 6.18 Å². The van der Waals surface area contributed by atoms with Crippen molar-refractivity contribution in [3.63, 3.8) is 0 Å². The van der Waals surface area contributed by atoms with Crippen molar-refractivity contribution < 1.29 is 26.3 Å². The summed E-state index contributed by atoms with van der Waals surface area (Å²) in [4.78, 5) is 3.61. The molecule has 0 atom stereocenters. The summed E-state index contributed by atoms with van der Waals surface area (Å²) in [7, 11) is -3.44. The van der Waals surface area contributed by atoms with Crippen LogP contribution in [0.3, 0.4) is 0 Å². The van der Waals surface area contributed by atoms with Crippen molar-refractivity contribution in [2.75, 3.05) is 13.1 Å². The number of hydrogen-bond donors (Lipinski definition) is 0. The summed E-state index contributed by atoms with van der Waals surface area (Å²) in [5.41, 5.74) is -0.170. The zero-order valence-corrected chi connectivity index (χ0v) is 13.8. The van der Waals surface area contributed by atoms with Crippen molar-refractivity contribution in [3.05, 3.63) is 59.8 Å². The number of rotatable bonds is 5. The molecule has 0 unspecified atom stereocenters. The van der Waals surface area contributed by atoms with Crippen LogP contribution in [0.25, 0.3) is 0 Å². The average molecular weight is 372 g/mol. The smallest absolute Gasteiger partial charge is 0.417 e. The zero-order chi connectivity index (χ0) is 18.1. The first-order valence-corrected chi connectivity index (χ1v) is 9.06. The fraction of sp³-hybridized carbons (Fsp3) is 0.312. The number of sulfonamides is 1. The Bertz CT molecular complexity index is 818. The molecule has 5 nitrogen and oxygen atoms in total. The molecule has 1 fully saturated rings. The van der Waals surface area contributed by atoms with E-state index >= 15 is 0 Å². The van der Waals surface area contributed by atoms with Gasteiger partial charge in [-0.1, -0.05) is 30.3 Å². The van der Waals surface area contributed by atoms with Crippen LogP contribution >= 0.6 is 0 Å². The number of alkyl halides is 3. The molecule has 0 saturated carbocycles. The van der Waals surface area contributed by atoms with Crippen molar-refractivity contribution in [2.45, 2.75) is 18.0 Å². The van der Waals surface area contributed by atoms with E-state index in [-0.39, 0.29) is 24.7 Å². The summed E-state index contributed by atoms with van der Waals surface area (Å²) in [6.45, 7) is 0.301. The maximum atomic E-state index is 12.5. The van der Waals surface area contributed by atoms with Crippen LogP contribution in [0.4, 0.5) is 13.2 Å². The first-order valence-electron chi connectivity index (χ1n) is 7.46. The second-order valence-electron chi connectivity index (χ2n) is 5.68. The highest BCUT2D eigenvalue weighted by Crippen LogP contribution is 2.29. The summed E-state index contributed by atoms with van der Waals surface area (Å²) < 4.78 is 68.6. The highest BCUT2D eigenvalue weighted by atomic mass is 32.2. The first kappa shape index (κ1) is 17.7. The standard InChI is InChI=1S/C16H15F3N2O3S/c17-16(18,19)13-6-7-15(20-8-13)24-14-9-21(10-14)25(22,23)11-12-4-2-1-3-5-12/h1-8,14H,9-11H2. The first-order chi connectivity index (χ1) is 11.7. The summed E-state index contributed by atoms with van der Waals surface area (Å²) >= 11 is 0. The van der Waals surface area contributed by atoms with Crippen LogP contribution < -0.4 is 4.74 Å². The number of aromatic nitrogens is 1. The molecule has 1 aliphatic heterocycles. The van der Waals surface area contributed by atoms with Gasteiger partial charge in [0.05, 0.1) is 24.4 Å². The largest absolute Gasteiger partial charge is 0.472 e. The van der Waals surface area contributed by atoms with E-state index in [4.69, 9.17) is 4.74 Å². The van der Waals surface area contributed by atoms with Crippen LogP contribution in [-0.2, 0) is 22.0 Å². The topological polar surface area (TPSA) is 59.5 Å². The van der Waals surface area contributed by atoms with Gasteiger partial charge in [0.15, 0.2) is 0 Å². The van der Waals surface area contributed by atoms with Gasteiger partial charge in [0.2, 0.25) is 15.9 Å². The minimum atomic E-state index is -4.45. The highest BCUT2D eigenvalue weighted by Gasteiger charge is 2.37. The van der Waals surface area contributed by atoms with Gasteiger partial charge in [-0.2, -0.15) is 17.5 Å². The van der Waals surface area contributed by atoms with Crippen LogP contribution in [0.1, 0.15) is 11.1 Å². The zero-order valence-electron chi connectivity index (χ0n) is 13.0. The maximum absolute atomic E-state index is 12.5. The van der Waals surface area contributed by atoms with Crippen molar-refractivity contribution in [1.29, 1.82) is 0 Å². The minimum absolute atomic E-state index is 0.0399. The van der Waals surface area contributed by atoms with E-state index in [9.17, 15) is 21.6 Å². The minimum Gasteiger partial charge on any atom is -0.472 e. The van der Waals surface area contributed by atoms with E-state index in [2.05, 4.69) is 4.98 Å². The van der Waals surface area contributed by atoms with Crippen molar-refractivity contribution in [3.8, 4) is 5.88 Å². The van der Waals surface area contributed by atoms with E-state index < -0.39 is 27.9 Å². The Hall–Kier alpha value is -2.13. The monoisotopic (exact) mass is 372 g/mol. The molecule has 0 radical (unpaired) electrons. The lowest BCUT2D eigenvalue weighted by atomic mass is 10.2. The molecule has 0 aliphatic carbocycles. The molecule has 134 valence electrons. The predicted molar refractivity (Wildman–Crippen MR) is 84.3 cm³/mol. The Morgan fingerprint density at radius 3 is 2.36 bits per heavy atom. The summed E-state index contributed by atoms with van der Waals surface area (Å²) in [6, 6.07) is 10.8. The lowest BCUT2D eigenvalue weighted by Crippen LogP contribution is -2.56. The van der Waals surface area contributed by atoms with Gasteiger partial charge in [0, 0.05) is 12.3 Å². The van der Waals surface area contributed by atoms with Crippen LogP contribution in [0, 0.1) is 0 Å². The molecule has 0 N–H and O–H groups in total. The molecule has 2 aromatic rings. The summed E-state index contributed by atoms with van der Waals surface area (Å²) in [5, 5.41) is 0. The third kappa shape index (κ3) is 4.29. The Morgan fingerprint density at radius 2 is 1.80 bits per heavy atom. The second kappa shape index (κ2) is 6.64. The fourth-order valence-electron chi connectivity index (χ4n) is 2.37. The predicted octanol–water partition coefficient (Wildman–Crippen LogP) is 2.69. The van der Waals surface area contributed by atoms with Gasteiger partial charge in [-0.3, -0.25) is 0 Å². The Morgan fingerprint density at radius 1 is 1.12 bits per heavy atom. The summed E-state index contributed by atoms with van der Waals surface area (Å²) in [5.74, 6) is -0.0582. The molecule has 0 amide bonds. The highest BCUT2D eigenvalue weighted by molar-refractivity contribution is 7.88. The molecule has 25 heavy (non-hydrogen) atoms. The van der Waals surface area contributed by atoms with E-state index in [1.807, 2.05) is 0 Å². The van der Waals surface area contributed by atoms with Gasteiger partial charge < -0.3 is 4.74 Å². The lowest BCUT2D eigenvalue weighted by molar-refractivity contribution is -0.137. The molecular weight excluding hydrogens is 357 g/mol. The molecular formula is C16H15F3N2O3S. The quantitative estimate of drug-likeness (QED) is 0.810. The van der Waals surface area contributed by atoms with Gasteiger partial charge in [-0.15, -0.1) is 0 Å². The van der Waals surface area contributed by atoms with E-state index in [0.717, 1.165) is 12.1 Å². The van der Waals surface area contributed by atoms with Gasteiger partial charge in [-0.05, 0) is 11.6 Å². The van der Waals surface area contributed by atoms with Crippen molar-refractivity contribution >= 4 is 10.0 Å². The third-order valence-electron chi connectivity index (χ3n) is 3.75. The fourth-order valence-corrected chi connectivity index (χ4v) is 3.95. The number of nitrogens with zero attached hydrogens (tertiary/aromatic N) is 2. The Labute approximate surface area is 143 Å². The second-order valence-corrected chi connectivity index (χ2v) is 7.65. The van der Waals surface area contributed by atoms with Crippen LogP contribution in [-0.4, -0.2) is 36.9 Å². The Kier molecular flexibility index (Phi) is 4.70. The van der Waals surface area contributed by atoms with Gasteiger partial charge in [0.25, 0.3) is 0 Å².